The maximum Gasteiger partial charge on any atom is 0.345 e. The first-order chi connectivity index (χ1) is 10.7. The number of esters is 1. The number of rotatable bonds is 4. The van der Waals surface area contributed by atoms with Crippen LogP contribution in [0, 0.1) is 0 Å². The molecule has 1 heterocycles. The molecule has 3 rings (SSSR count). The van der Waals surface area contributed by atoms with Crippen molar-refractivity contribution in [2.24, 2.45) is 0 Å². The molecule has 22 heavy (non-hydrogen) atoms. The van der Waals surface area contributed by atoms with Crippen molar-refractivity contribution in [3.8, 4) is 0 Å². The SMILES string of the molecule is CCOC(=O)c1c(NC2CCCC2)c2ccccc2[nH]c1=O. The molecular formula is C17H20N2O3. The molecule has 0 atom stereocenters. The molecule has 0 unspecified atom stereocenters. The van der Waals surface area contributed by atoms with Crippen molar-refractivity contribution in [1.82, 2.24) is 4.98 Å². The number of pyridine rings is 1. The molecule has 2 aromatic rings. The van der Waals surface area contributed by atoms with E-state index >= 15 is 0 Å². The number of benzene rings is 1. The monoisotopic (exact) mass is 300 g/mol. The van der Waals surface area contributed by atoms with Crippen molar-refractivity contribution in [3.63, 3.8) is 0 Å². The lowest BCUT2D eigenvalue weighted by atomic mass is 10.1. The lowest BCUT2D eigenvalue weighted by Gasteiger charge is -2.18. The summed E-state index contributed by atoms with van der Waals surface area (Å²) in [6, 6.07) is 7.81. The van der Waals surface area contributed by atoms with Gasteiger partial charge in [-0.1, -0.05) is 31.0 Å². The summed E-state index contributed by atoms with van der Waals surface area (Å²) in [5.41, 5.74) is 0.996. The van der Waals surface area contributed by atoms with E-state index in [1.54, 1.807) is 6.92 Å². The van der Waals surface area contributed by atoms with E-state index < -0.39 is 11.5 Å². The Kier molecular flexibility index (Phi) is 4.13. The molecule has 1 fully saturated rings. The summed E-state index contributed by atoms with van der Waals surface area (Å²) in [7, 11) is 0. The minimum Gasteiger partial charge on any atom is -0.462 e. The van der Waals surface area contributed by atoms with Crippen molar-refractivity contribution in [3.05, 3.63) is 40.2 Å². The smallest absolute Gasteiger partial charge is 0.345 e. The third-order valence-electron chi connectivity index (χ3n) is 4.10. The van der Waals surface area contributed by atoms with Gasteiger partial charge in [-0.05, 0) is 25.8 Å². The van der Waals surface area contributed by atoms with Crippen LogP contribution in [0.4, 0.5) is 5.69 Å². The Morgan fingerprint density at radius 3 is 2.77 bits per heavy atom. The minimum absolute atomic E-state index is 0.0763. The maximum atomic E-state index is 12.3. The molecule has 1 aliphatic carbocycles. The summed E-state index contributed by atoms with van der Waals surface area (Å²) in [5.74, 6) is -0.574. The van der Waals surface area contributed by atoms with E-state index in [1.807, 2.05) is 24.3 Å². The minimum atomic E-state index is -0.574. The molecule has 1 aromatic carbocycles. The van der Waals surface area contributed by atoms with Crippen molar-refractivity contribution in [2.75, 3.05) is 11.9 Å². The number of H-pyrrole nitrogens is 1. The fourth-order valence-electron chi connectivity index (χ4n) is 3.07. The molecule has 5 nitrogen and oxygen atoms in total. The predicted molar refractivity (Wildman–Crippen MR) is 86.4 cm³/mol. The van der Waals surface area contributed by atoms with Crippen molar-refractivity contribution < 1.29 is 9.53 Å². The van der Waals surface area contributed by atoms with Crippen LogP contribution in [0.3, 0.4) is 0 Å². The fraction of sp³-hybridized carbons (Fsp3) is 0.412. The zero-order valence-corrected chi connectivity index (χ0v) is 12.6. The van der Waals surface area contributed by atoms with Crippen molar-refractivity contribution in [2.45, 2.75) is 38.6 Å². The van der Waals surface area contributed by atoms with Gasteiger partial charge in [0.2, 0.25) is 0 Å². The molecular weight excluding hydrogens is 280 g/mol. The van der Waals surface area contributed by atoms with Gasteiger partial charge >= 0.3 is 5.97 Å². The lowest BCUT2D eigenvalue weighted by molar-refractivity contribution is 0.0525. The van der Waals surface area contributed by atoms with Crippen LogP contribution in [-0.4, -0.2) is 23.6 Å². The highest BCUT2D eigenvalue weighted by molar-refractivity contribution is 6.04. The molecule has 116 valence electrons. The molecule has 1 aromatic heterocycles. The molecule has 0 saturated heterocycles. The van der Waals surface area contributed by atoms with E-state index in [9.17, 15) is 9.59 Å². The highest BCUT2D eigenvalue weighted by Crippen LogP contribution is 2.29. The summed E-state index contributed by atoms with van der Waals surface area (Å²) < 4.78 is 5.06. The predicted octanol–water partition coefficient (Wildman–Crippen LogP) is 3.06. The van der Waals surface area contributed by atoms with E-state index in [0.29, 0.717) is 11.7 Å². The number of ether oxygens (including phenoxy) is 1. The third-order valence-corrected chi connectivity index (χ3v) is 4.10. The Labute approximate surface area is 128 Å². The van der Waals surface area contributed by atoms with Gasteiger partial charge in [-0.3, -0.25) is 4.79 Å². The molecule has 0 amide bonds. The first-order valence-corrected chi connectivity index (χ1v) is 7.79. The number of fused-ring (bicyclic) bond motifs is 1. The van der Waals surface area contributed by atoms with Crippen LogP contribution in [0.25, 0.3) is 10.9 Å². The van der Waals surface area contributed by atoms with Crippen LogP contribution >= 0.6 is 0 Å². The van der Waals surface area contributed by atoms with Gasteiger partial charge in [0.1, 0.15) is 5.56 Å². The average Bonchev–Trinajstić information content (AvgIpc) is 3.00. The quantitative estimate of drug-likeness (QED) is 0.851. The van der Waals surface area contributed by atoms with Gasteiger partial charge in [-0.15, -0.1) is 0 Å². The van der Waals surface area contributed by atoms with Crippen LogP contribution in [0.15, 0.2) is 29.1 Å². The number of hydrogen-bond acceptors (Lipinski definition) is 4. The van der Waals surface area contributed by atoms with Gasteiger partial charge in [0, 0.05) is 11.4 Å². The van der Waals surface area contributed by atoms with Gasteiger partial charge in [0.05, 0.1) is 17.8 Å². The van der Waals surface area contributed by atoms with E-state index in [-0.39, 0.29) is 12.2 Å². The standard InChI is InChI=1S/C17H20N2O3/c1-2-22-17(21)14-15(18-11-7-3-4-8-11)12-9-5-6-10-13(12)19-16(14)20/h5-6,9-11H,2-4,7-8H2,1H3,(H2,18,19,20). The maximum absolute atomic E-state index is 12.3. The lowest BCUT2D eigenvalue weighted by Crippen LogP contribution is -2.25. The largest absolute Gasteiger partial charge is 0.462 e. The number of anilines is 1. The van der Waals surface area contributed by atoms with Crippen molar-refractivity contribution in [1.29, 1.82) is 0 Å². The number of carbonyl (C=O) groups excluding carboxylic acids is 1. The van der Waals surface area contributed by atoms with Crippen LogP contribution < -0.4 is 10.9 Å². The Balaban J connectivity index is 2.15. The average molecular weight is 300 g/mol. The Morgan fingerprint density at radius 1 is 1.32 bits per heavy atom. The number of aromatic nitrogens is 1. The zero-order valence-electron chi connectivity index (χ0n) is 12.6. The van der Waals surface area contributed by atoms with Crippen molar-refractivity contribution >= 4 is 22.6 Å². The number of carbonyl (C=O) groups is 1. The van der Waals surface area contributed by atoms with Gasteiger partial charge in [0.25, 0.3) is 5.56 Å². The Bertz CT molecular complexity index is 745. The van der Waals surface area contributed by atoms with E-state index in [2.05, 4.69) is 10.3 Å². The molecule has 1 saturated carbocycles. The molecule has 1 aliphatic rings. The first kappa shape index (κ1) is 14.6. The number of hydrogen-bond donors (Lipinski definition) is 2. The molecule has 0 radical (unpaired) electrons. The van der Waals surface area contributed by atoms with Gasteiger partial charge < -0.3 is 15.0 Å². The summed E-state index contributed by atoms with van der Waals surface area (Å²) in [6.07, 6.45) is 4.47. The van der Waals surface area contributed by atoms with E-state index in [4.69, 9.17) is 4.74 Å². The summed E-state index contributed by atoms with van der Waals surface area (Å²) in [5, 5.41) is 4.26. The summed E-state index contributed by atoms with van der Waals surface area (Å²) in [6.45, 7) is 1.98. The highest BCUT2D eigenvalue weighted by Gasteiger charge is 2.23. The third kappa shape index (κ3) is 2.71. The second kappa shape index (κ2) is 6.22. The highest BCUT2D eigenvalue weighted by atomic mass is 16.5. The molecule has 0 bridgehead atoms. The van der Waals surface area contributed by atoms with Crippen LogP contribution in [0.5, 0.6) is 0 Å². The van der Waals surface area contributed by atoms with Gasteiger partial charge in [-0.25, -0.2) is 4.79 Å². The second-order valence-electron chi connectivity index (χ2n) is 5.60. The molecule has 5 heteroatoms. The van der Waals surface area contributed by atoms with Crippen LogP contribution in [-0.2, 0) is 4.74 Å². The van der Waals surface area contributed by atoms with E-state index in [0.717, 1.165) is 23.7 Å². The van der Waals surface area contributed by atoms with Crippen LogP contribution in [0.2, 0.25) is 0 Å². The van der Waals surface area contributed by atoms with E-state index in [1.165, 1.54) is 12.8 Å². The zero-order chi connectivity index (χ0) is 15.5. The number of para-hydroxylation sites is 1. The molecule has 2 N–H and O–H groups in total. The summed E-state index contributed by atoms with van der Waals surface area (Å²) in [4.78, 5) is 27.3. The molecule has 0 spiro atoms. The fourth-order valence-corrected chi connectivity index (χ4v) is 3.07. The van der Waals surface area contributed by atoms with Gasteiger partial charge in [-0.2, -0.15) is 0 Å². The Morgan fingerprint density at radius 2 is 2.05 bits per heavy atom. The normalized spacial score (nSPS) is 15.1. The van der Waals surface area contributed by atoms with Crippen LogP contribution in [0.1, 0.15) is 43.0 Å². The number of nitrogens with one attached hydrogen (secondary N) is 2. The summed E-state index contributed by atoms with van der Waals surface area (Å²) >= 11 is 0. The molecule has 0 aliphatic heterocycles. The van der Waals surface area contributed by atoms with Gasteiger partial charge in [0.15, 0.2) is 0 Å². The topological polar surface area (TPSA) is 71.2 Å². The Hall–Kier alpha value is -2.30. The number of aromatic amines is 1. The second-order valence-corrected chi connectivity index (χ2v) is 5.60. The first-order valence-electron chi connectivity index (χ1n) is 7.79.